The number of para-hydroxylation sites is 1. The lowest BCUT2D eigenvalue weighted by atomic mass is 9.92. The van der Waals surface area contributed by atoms with Crippen LogP contribution in [-0.4, -0.2) is 24.2 Å². The molecule has 3 heteroatoms. The highest BCUT2D eigenvalue weighted by Gasteiger charge is 2.24. The average Bonchev–Trinajstić information content (AvgIpc) is 2.53. The quantitative estimate of drug-likeness (QED) is 0.925. The number of rotatable bonds is 4. The van der Waals surface area contributed by atoms with Gasteiger partial charge in [-0.25, -0.2) is 0 Å². The molecule has 106 valence electrons. The molecule has 2 unspecified atom stereocenters. The van der Waals surface area contributed by atoms with Gasteiger partial charge in [0.25, 0.3) is 0 Å². The molecule has 0 aliphatic heterocycles. The molecule has 1 fully saturated rings. The van der Waals surface area contributed by atoms with Gasteiger partial charge in [0, 0.05) is 11.4 Å². The van der Waals surface area contributed by atoms with Gasteiger partial charge in [-0.1, -0.05) is 37.1 Å². The van der Waals surface area contributed by atoms with Crippen LogP contribution in [0.4, 0.5) is 0 Å². The van der Waals surface area contributed by atoms with Gasteiger partial charge in [0.1, 0.15) is 0 Å². The molecule has 1 aromatic heterocycles. The molecule has 1 N–H and O–H groups in total. The summed E-state index contributed by atoms with van der Waals surface area (Å²) in [6.07, 6.45) is 5.26. The van der Waals surface area contributed by atoms with Gasteiger partial charge in [-0.3, -0.25) is 4.98 Å². The van der Waals surface area contributed by atoms with Crippen molar-refractivity contribution < 1.29 is 4.74 Å². The van der Waals surface area contributed by atoms with E-state index in [4.69, 9.17) is 4.74 Å². The molecule has 0 bridgehead atoms. The van der Waals surface area contributed by atoms with Crippen molar-refractivity contribution in [2.24, 2.45) is 0 Å². The van der Waals surface area contributed by atoms with Gasteiger partial charge >= 0.3 is 0 Å². The van der Waals surface area contributed by atoms with Gasteiger partial charge in [0.05, 0.1) is 23.9 Å². The fourth-order valence-electron chi connectivity index (χ4n) is 3.01. The van der Waals surface area contributed by atoms with Gasteiger partial charge < -0.3 is 10.1 Å². The number of hydrogen-bond donors (Lipinski definition) is 1. The first-order valence-corrected chi connectivity index (χ1v) is 7.50. The first-order valence-electron chi connectivity index (χ1n) is 7.50. The van der Waals surface area contributed by atoms with E-state index < -0.39 is 0 Å². The molecule has 2 aromatic rings. The lowest BCUT2D eigenvalue weighted by Gasteiger charge is -2.31. The molecule has 3 rings (SSSR count). The molecule has 1 saturated carbocycles. The molecule has 1 aliphatic carbocycles. The summed E-state index contributed by atoms with van der Waals surface area (Å²) in [6, 6.07) is 12.9. The Morgan fingerprint density at radius 2 is 2.00 bits per heavy atom. The van der Waals surface area contributed by atoms with E-state index in [1.54, 1.807) is 0 Å². The minimum Gasteiger partial charge on any atom is -0.370 e. The van der Waals surface area contributed by atoms with E-state index in [2.05, 4.69) is 34.6 Å². The third kappa shape index (κ3) is 3.00. The zero-order valence-electron chi connectivity index (χ0n) is 12.0. The Bertz CT molecular complexity index is 570. The Labute approximate surface area is 120 Å². The molecule has 0 spiro atoms. The number of benzene rings is 1. The van der Waals surface area contributed by atoms with E-state index in [-0.39, 0.29) is 0 Å². The van der Waals surface area contributed by atoms with Crippen LogP contribution in [0.3, 0.4) is 0 Å². The van der Waals surface area contributed by atoms with E-state index in [0.29, 0.717) is 18.8 Å². The predicted molar refractivity (Wildman–Crippen MR) is 81.6 cm³/mol. The molecule has 0 radical (unpaired) electrons. The number of pyridine rings is 1. The van der Waals surface area contributed by atoms with Crippen LogP contribution >= 0.6 is 0 Å². The molecule has 1 aromatic carbocycles. The monoisotopic (exact) mass is 270 g/mol. The fraction of sp³-hybridized carbons (Fsp3) is 0.471. The van der Waals surface area contributed by atoms with Crippen molar-refractivity contribution in [3.63, 3.8) is 0 Å². The lowest BCUT2D eigenvalue weighted by Crippen LogP contribution is -2.41. The minimum absolute atomic E-state index is 0.321. The van der Waals surface area contributed by atoms with Crippen molar-refractivity contribution in [3.8, 4) is 0 Å². The second-order valence-corrected chi connectivity index (χ2v) is 5.52. The van der Waals surface area contributed by atoms with Crippen LogP contribution in [0.5, 0.6) is 0 Å². The van der Waals surface area contributed by atoms with Gasteiger partial charge in [-0.2, -0.15) is 0 Å². The van der Waals surface area contributed by atoms with Crippen molar-refractivity contribution >= 4 is 10.9 Å². The van der Waals surface area contributed by atoms with E-state index in [0.717, 1.165) is 17.6 Å². The van der Waals surface area contributed by atoms with Crippen molar-refractivity contribution in [1.82, 2.24) is 10.3 Å². The van der Waals surface area contributed by atoms with E-state index in [9.17, 15) is 0 Å². The molecular formula is C17H22N2O. The van der Waals surface area contributed by atoms with Gasteiger partial charge in [0.15, 0.2) is 0 Å². The van der Waals surface area contributed by atoms with E-state index in [1.807, 2.05) is 19.2 Å². The summed E-state index contributed by atoms with van der Waals surface area (Å²) >= 11 is 0. The smallest absolute Gasteiger partial charge is 0.0892 e. The number of ether oxygens (including phenoxy) is 1. The molecule has 0 amide bonds. The maximum absolute atomic E-state index is 6.10. The summed E-state index contributed by atoms with van der Waals surface area (Å²) in [5.74, 6) is 0. The number of aromatic nitrogens is 1. The molecule has 3 nitrogen and oxygen atoms in total. The summed E-state index contributed by atoms with van der Waals surface area (Å²) in [6.45, 7) is 0.605. The molecule has 2 atom stereocenters. The van der Waals surface area contributed by atoms with Crippen molar-refractivity contribution in [1.29, 1.82) is 0 Å². The normalized spacial score (nSPS) is 23.1. The second-order valence-electron chi connectivity index (χ2n) is 5.52. The summed E-state index contributed by atoms with van der Waals surface area (Å²) < 4.78 is 6.10. The Morgan fingerprint density at radius 3 is 2.90 bits per heavy atom. The summed E-state index contributed by atoms with van der Waals surface area (Å²) in [4.78, 5) is 4.67. The SMILES string of the molecule is CNC1CCCCC1OCc1ccc2ccccc2n1. The standard InChI is InChI=1S/C17H22N2O/c1-18-16-8-4-5-9-17(16)20-12-14-11-10-13-6-2-3-7-15(13)19-14/h2-3,6-7,10-11,16-18H,4-5,8-9,12H2,1H3. The van der Waals surface area contributed by atoms with E-state index in [1.165, 1.54) is 24.6 Å². The van der Waals surface area contributed by atoms with Crippen LogP contribution in [0.15, 0.2) is 36.4 Å². The lowest BCUT2D eigenvalue weighted by molar-refractivity contribution is -0.00490. The highest BCUT2D eigenvalue weighted by Crippen LogP contribution is 2.22. The molecule has 0 saturated heterocycles. The van der Waals surface area contributed by atoms with E-state index >= 15 is 0 Å². The number of likely N-dealkylation sites (N-methyl/N-ethyl adjacent to an activating group) is 1. The third-order valence-electron chi connectivity index (χ3n) is 4.17. The van der Waals surface area contributed by atoms with Crippen LogP contribution in [0.1, 0.15) is 31.4 Å². The van der Waals surface area contributed by atoms with Crippen LogP contribution in [0.25, 0.3) is 10.9 Å². The molecular weight excluding hydrogens is 248 g/mol. The second kappa shape index (κ2) is 6.33. The third-order valence-corrected chi connectivity index (χ3v) is 4.17. The van der Waals surface area contributed by atoms with Crippen LogP contribution in [0.2, 0.25) is 0 Å². The Hall–Kier alpha value is -1.45. The fourth-order valence-corrected chi connectivity index (χ4v) is 3.01. The molecule has 1 heterocycles. The highest BCUT2D eigenvalue weighted by atomic mass is 16.5. The number of nitrogens with one attached hydrogen (secondary N) is 1. The first kappa shape index (κ1) is 13.5. The number of nitrogens with zero attached hydrogens (tertiary/aromatic N) is 1. The van der Waals surface area contributed by atoms with Crippen LogP contribution in [0, 0.1) is 0 Å². The average molecular weight is 270 g/mol. The molecule has 20 heavy (non-hydrogen) atoms. The Balaban J connectivity index is 1.67. The van der Waals surface area contributed by atoms with Gasteiger partial charge in [0.2, 0.25) is 0 Å². The van der Waals surface area contributed by atoms with Gasteiger partial charge in [-0.15, -0.1) is 0 Å². The number of hydrogen-bond acceptors (Lipinski definition) is 3. The van der Waals surface area contributed by atoms with Crippen molar-refractivity contribution in [2.45, 2.75) is 44.4 Å². The zero-order chi connectivity index (χ0) is 13.8. The zero-order valence-corrected chi connectivity index (χ0v) is 12.0. The summed E-state index contributed by atoms with van der Waals surface area (Å²) in [5, 5.41) is 4.56. The maximum Gasteiger partial charge on any atom is 0.0892 e. The topological polar surface area (TPSA) is 34.1 Å². The predicted octanol–water partition coefficient (Wildman–Crippen LogP) is 3.28. The van der Waals surface area contributed by atoms with Crippen LogP contribution in [-0.2, 0) is 11.3 Å². The largest absolute Gasteiger partial charge is 0.370 e. The van der Waals surface area contributed by atoms with Gasteiger partial charge in [-0.05, 0) is 32.0 Å². The minimum atomic E-state index is 0.321. The summed E-state index contributed by atoms with van der Waals surface area (Å²) in [7, 11) is 2.03. The summed E-state index contributed by atoms with van der Waals surface area (Å²) in [5.41, 5.74) is 2.06. The molecule has 1 aliphatic rings. The maximum atomic E-state index is 6.10. The number of fused-ring (bicyclic) bond motifs is 1. The van der Waals surface area contributed by atoms with Crippen molar-refractivity contribution in [3.05, 3.63) is 42.1 Å². The van der Waals surface area contributed by atoms with Crippen LogP contribution < -0.4 is 5.32 Å². The Morgan fingerprint density at radius 1 is 1.15 bits per heavy atom. The van der Waals surface area contributed by atoms with Crippen molar-refractivity contribution in [2.75, 3.05) is 7.05 Å². The Kier molecular flexibility index (Phi) is 4.28. The first-order chi connectivity index (χ1) is 9.86. The highest BCUT2D eigenvalue weighted by molar-refractivity contribution is 5.78.